The topological polar surface area (TPSA) is 58.4 Å². The van der Waals surface area contributed by atoms with Gasteiger partial charge in [0, 0.05) is 19.1 Å². The van der Waals surface area contributed by atoms with E-state index in [0.29, 0.717) is 22.8 Å². The Kier molecular flexibility index (Phi) is 4.66. The average molecular weight is 282 g/mol. The predicted molar refractivity (Wildman–Crippen MR) is 78.5 cm³/mol. The van der Waals surface area contributed by atoms with Gasteiger partial charge < -0.3 is 11.1 Å². The van der Waals surface area contributed by atoms with Gasteiger partial charge in [-0.2, -0.15) is 0 Å². The van der Waals surface area contributed by atoms with Gasteiger partial charge in [-0.1, -0.05) is 24.6 Å². The van der Waals surface area contributed by atoms with Crippen molar-refractivity contribution in [3.8, 4) is 0 Å². The monoisotopic (exact) mass is 281 g/mol. The van der Waals surface area contributed by atoms with Crippen molar-refractivity contribution in [3.05, 3.63) is 28.8 Å². The maximum Gasteiger partial charge on any atom is 0.252 e. The molecule has 1 aromatic rings. The number of anilines is 1. The summed E-state index contributed by atoms with van der Waals surface area (Å²) in [6.07, 6.45) is 2.56. The van der Waals surface area contributed by atoms with E-state index in [1.807, 2.05) is 0 Å². The van der Waals surface area contributed by atoms with Gasteiger partial charge in [-0.3, -0.25) is 9.69 Å². The summed E-state index contributed by atoms with van der Waals surface area (Å²) in [7, 11) is 0. The minimum Gasteiger partial charge on any atom is -0.398 e. The lowest BCUT2D eigenvalue weighted by molar-refractivity contribution is 0.0948. The first-order valence-corrected chi connectivity index (χ1v) is 7.07. The number of benzene rings is 1. The normalized spacial score (nSPS) is 14.7. The zero-order chi connectivity index (χ0) is 13.8. The number of hydrogen-bond acceptors (Lipinski definition) is 3. The van der Waals surface area contributed by atoms with Crippen LogP contribution < -0.4 is 11.1 Å². The van der Waals surface area contributed by atoms with Crippen LogP contribution in [0.4, 0.5) is 5.69 Å². The molecule has 0 spiro atoms. The Labute approximate surface area is 118 Å². The number of nitrogens with one attached hydrogen (secondary N) is 1. The molecule has 1 amide bonds. The number of likely N-dealkylation sites (N-methyl/N-ethyl adjacent to an activating group) is 1. The van der Waals surface area contributed by atoms with Crippen LogP contribution in [-0.2, 0) is 0 Å². The third kappa shape index (κ3) is 3.61. The van der Waals surface area contributed by atoms with E-state index in [4.69, 9.17) is 17.3 Å². The maximum absolute atomic E-state index is 12.0. The van der Waals surface area contributed by atoms with Crippen molar-refractivity contribution in [1.29, 1.82) is 0 Å². The van der Waals surface area contributed by atoms with E-state index in [1.54, 1.807) is 18.2 Å². The van der Waals surface area contributed by atoms with E-state index in [1.165, 1.54) is 12.8 Å². The SMILES string of the molecule is CCN(CCNC(=O)c1cccc(N)c1Cl)C1CC1. The molecule has 1 aromatic carbocycles. The minimum absolute atomic E-state index is 0.163. The van der Waals surface area contributed by atoms with Gasteiger partial charge in [0.05, 0.1) is 16.3 Å². The number of nitrogens with zero attached hydrogens (tertiary/aromatic N) is 1. The van der Waals surface area contributed by atoms with Crippen molar-refractivity contribution in [2.24, 2.45) is 0 Å². The fraction of sp³-hybridized carbons (Fsp3) is 0.500. The zero-order valence-corrected chi connectivity index (χ0v) is 11.9. The first-order chi connectivity index (χ1) is 9.13. The second kappa shape index (κ2) is 6.26. The van der Waals surface area contributed by atoms with Crippen LogP contribution in [-0.4, -0.2) is 36.5 Å². The molecule has 2 rings (SSSR count). The molecule has 0 atom stereocenters. The Hall–Kier alpha value is -1.26. The number of nitrogens with two attached hydrogens (primary N) is 1. The molecule has 1 fully saturated rings. The Bertz CT molecular complexity index is 460. The van der Waals surface area contributed by atoms with Gasteiger partial charge in [-0.25, -0.2) is 0 Å². The number of carbonyl (C=O) groups excluding carboxylic acids is 1. The molecule has 4 nitrogen and oxygen atoms in total. The van der Waals surface area contributed by atoms with Crippen LogP contribution in [0.15, 0.2) is 18.2 Å². The fourth-order valence-electron chi connectivity index (χ4n) is 2.17. The van der Waals surface area contributed by atoms with Gasteiger partial charge in [0.2, 0.25) is 0 Å². The van der Waals surface area contributed by atoms with Crippen LogP contribution in [0.3, 0.4) is 0 Å². The van der Waals surface area contributed by atoms with Crippen molar-refractivity contribution < 1.29 is 4.79 Å². The summed E-state index contributed by atoms with van der Waals surface area (Å²) in [5.41, 5.74) is 6.56. The predicted octanol–water partition coefficient (Wildman–Crippen LogP) is 2.14. The summed E-state index contributed by atoms with van der Waals surface area (Å²) in [6.45, 7) is 4.69. The van der Waals surface area contributed by atoms with Gasteiger partial charge in [0.15, 0.2) is 0 Å². The molecule has 1 aliphatic carbocycles. The number of carbonyl (C=O) groups is 1. The summed E-state index contributed by atoms with van der Waals surface area (Å²) < 4.78 is 0. The highest BCUT2D eigenvalue weighted by atomic mass is 35.5. The van der Waals surface area contributed by atoms with Crippen LogP contribution in [0.5, 0.6) is 0 Å². The standard InChI is InChI=1S/C14H20ClN3O/c1-2-18(10-6-7-10)9-8-17-14(19)11-4-3-5-12(16)13(11)15/h3-5,10H,2,6-9,16H2,1H3,(H,17,19). The summed E-state index contributed by atoms with van der Waals surface area (Å²) in [4.78, 5) is 14.4. The second-order valence-electron chi connectivity index (χ2n) is 4.82. The lowest BCUT2D eigenvalue weighted by atomic mass is 10.2. The molecule has 5 heteroatoms. The smallest absolute Gasteiger partial charge is 0.252 e. The van der Waals surface area contributed by atoms with E-state index in [-0.39, 0.29) is 5.91 Å². The van der Waals surface area contributed by atoms with Gasteiger partial charge >= 0.3 is 0 Å². The molecule has 1 aliphatic rings. The average Bonchev–Trinajstić information content (AvgIpc) is 3.22. The van der Waals surface area contributed by atoms with Crippen molar-refractivity contribution >= 4 is 23.2 Å². The molecule has 0 heterocycles. The molecule has 0 saturated heterocycles. The number of amides is 1. The Morgan fingerprint density at radius 3 is 2.89 bits per heavy atom. The first kappa shape index (κ1) is 14.2. The Balaban J connectivity index is 1.85. The van der Waals surface area contributed by atoms with Crippen molar-refractivity contribution in [3.63, 3.8) is 0 Å². The number of nitrogen functional groups attached to an aromatic ring is 1. The van der Waals surface area contributed by atoms with E-state index in [0.717, 1.165) is 19.1 Å². The summed E-state index contributed by atoms with van der Waals surface area (Å²) >= 11 is 6.02. The number of halogens is 1. The molecule has 19 heavy (non-hydrogen) atoms. The molecular formula is C14H20ClN3O. The zero-order valence-electron chi connectivity index (χ0n) is 11.2. The molecule has 0 aromatic heterocycles. The van der Waals surface area contributed by atoms with Crippen molar-refractivity contribution in [2.45, 2.75) is 25.8 Å². The molecule has 1 saturated carbocycles. The third-order valence-electron chi connectivity index (χ3n) is 3.43. The minimum atomic E-state index is -0.163. The molecule has 0 radical (unpaired) electrons. The largest absolute Gasteiger partial charge is 0.398 e. The highest BCUT2D eigenvalue weighted by Gasteiger charge is 2.27. The van der Waals surface area contributed by atoms with Crippen molar-refractivity contribution in [1.82, 2.24) is 10.2 Å². The highest BCUT2D eigenvalue weighted by Crippen LogP contribution is 2.26. The molecule has 0 bridgehead atoms. The van der Waals surface area contributed by atoms with Gasteiger partial charge in [-0.05, 0) is 31.5 Å². The summed E-state index contributed by atoms with van der Waals surface area (Å²) in [6, 6.07) is 5.83. The maximum atomic E-state index is 12.0. The van der Waals surface area contributed by atoms with Gasteiger partial charge in [-0.15, -0.1) is 0 Å². The molecular weight excluding hydrogens is 262 g/mol. The van der Waals surface area contributed by atoms with Crippen LogP contribution in [0.1, 0.15) is 30.1 Å². The van der Waals surface area contributed by atoms with Crippen molar-refractivity contribution in [2.75, 3.05) is 25.4 Å². The lowest BCUT2D eigenvalue weighted by Crippen LogP contribution is -2.36. The van der Waals surface area contributed by atoms with Crippen LogP contribution in [0.25, 0.3) is 0 Å². The number of hydrogen-bond donors (Lipinski definition) is 2. The molecule has 0 unspecified atom stereocenters. The second-order valence-corrected chi connectivity index (χ2v) is 5.20. The van der Waals surface area contributed by atoms with E-state index < -0.39 is 0 Å². The summed E-state index contributed by atoms with van der Waals surface area (Å²) in [5, 5.41) is 3.22. The van der Waals surface area contributed by atoms with Crippen LogP contribution >= 0.6 is 11.6 Å². The molecule has 3 N–H and O–H groups in total. The van der Waals surface area contributed by atoms with Crippen LogP contribution in [0, 0.1) is 0 Å². The summed E-state index contributed by atoms with van der Waals surface area (Å²) in [5.74, 6) is -0.163. The Morgan fingerprint density at radius 2 is 2.26 bits per heavy atom. The highest BCUT2D eigenvalue weighted by molar-refractivity contribution is 6.36. The van der Waals surface area contributed by atoms with Gasteiger partial charge in [0.25, 0.3) is 5.91 Å². The van der Waals surface area contributed by atoms with E-state index in [2.05, 4.69) is 17.1 Å². The first-order valence-electron chi connectivity index (χ1n) is 6.69. The fourth-order valence-corrected chi connectivity index (χ4v) is 2.38. The number of rotatable bonds is 6. The van der Waals surface area contributed by atoms with E-state index in [9.17, 15) is 4.79 Å². The van der Waals surface area contributed by atoms with Crippen LogP contribution in [0.2, 0.25) is 5.02 Å². The van der Waals surface area contributed by atoms with E-state index >= 15 is 0 Å². The molecule has 104 valence electrons. The quantitative estimate of drug-likeness (QED) is 0.786. The Morgan fingerprint density at radius 1 is 1.53 bits per heavy atom. The molecule has 0 aliphatic heterocycles. The third-order valence-corrected chi connectivity index (χ3v) is 3.85. The van der Waals surface area contributed by atoms with Gasteiger partial charge in [0.1, 0.15) is 0 Å². The lowest BCUT2D eigenvalue weighted by Gasteiger charge is -2.19.